The van der Waals surface area contributed by atoms with Gasteiger partial charge in [-0.15, -0.1) is 12.4 Å². The minimum absolute atomic E-state index is 0. The maximum atomic E-state index is 11.6. The van der Waals surface area contributed by atoms with Crippen LogP contribution in [0.25, 0.3) is 0 Å². The molecular formula is C10H21ClN2O3. The summed E-state index contributed by atoms with van der Waals surface area (Å²) in [6.07, 6.45) is -0.353. The first-order chi connectivity index (χ1) is 6.79. The molecule has 2 atom stereocenters. The number of nitrogens with zero attached hydrogens (tertiary/aromatic N) is 1. The summed E-state index contributed by atoms with van der Waals surface area (Å²) in [6, 6.07) is -0.369. The molecular weight excluding hydrogens is 232 g/mol. The van der Waals surface area contributed by atoms with Gasteiger partial charge in [0.2, 0.25) is 0 Å². The fourth-order valence-corrected chi connectivity index (χ4v) is 1.46. The second-order valence-corrected chi connectivity index (χ2v) is 4.95. The van der Waals surface area contributed by atoms with Crippen molar-refractivity contribution in [1.82, 2.24) is 4.90 Å². The van der Waals surface area contributed by atoms with E-state index in [0.717, 1.165) is 0 Å². The highest BCUT2D eigenvalue weighted by Gasteiger charge is 2.30. The first-order valence-electron chi connectivity index (χ1n) is 5.21. The van der Waals surface area contributed by atoms with E-state index in [1.807, 2.05) is 20.8 Å². The summed E-state index contributed by atoms with van der Waals surface area (Å²) in [5, 5.41) is 9.41. The number of nitrogens with two attached hydrogens (primary N) is 1. The van der Waals surface area contributed by atoms with Gasteiger partial charge in [-0.1, -0.05) is 0 Å². The van der Waals surface area contributed by atoms with E-state index in [0.29, 0.717) is 19.5 Å². The summed E-state index contributed by atoms with van der Waals surface area (Å²) >= 11 is 0. The van der Waals surface area contributed by atoms with Crippen molar-refractivity contribution in [3.63, 3.8) is 0 Å². The molecule has 1 heterocycles. The maximum Gasteiger partial charge on any atom is 0.410 e. The number of carbonyl (C=O) groups excluding carboxylic acids is 1. The van der Waals surface area contributed by atoms with Gasteiger partial charge in [-0.25, -0.2) is 4.79 Å². The van der Waals surface area contributed by atoms with E-state index in [-0.39, 0.29) is 24.5 Å². The van der Waals surface area contributed by atoms with Gasteiger partial charge in [0.25, 0.3) is 0 Å². The Labute approximate surface area is 102 Å². The van der Waals surface area contributed by atoms with Gasteiger partial charge in [-0.2, -0.15) is 0 Å². The third-order valence-corrected chi connectivity index (χ3v) is 2.27. The third kappa shape index (κ3) is 4.55. The largest absolute Gasteiger partial charge is 0.444 e. The number of piperidine rings is 1. The van der Waals surface area contributed by atoms with Crippen LogP contribution in [0.2, 0.25) is 0 Å². The van der Waals surface area contributed by atoms with Crippen LogP contribution >= 0.6 is 12.4 Å². The van der Waals surface area contributed by atoms with Crippen molar-refractivity contribution in [3.05, 3.63) is 0 Å². The number of likely N-dealkylation sites (tertiary alicyclic amines) is 1. The number of carbonyl (C=O) groups is 1. The van der Waals surface area contributed by atoms with Crippen LogP contribution in [0, 0.1) is 0 Å². The van der Waals surface area contributed by atoms with Gasteiger partial charge in [0.1, 0.15) is 5.60 Å². The summed E-state index contributed by atoms with van der Waals surface area (Å²) in [6.45, 7) is 6.33. The Morgan fingerprint density at radius 1 is 1.50 bits per heavy atom. The van der Waals surface area contributed by atoms with Crippen molar-refractivity contribution < 1.29 is 14.6 Å². The zero-order valence-corrected chi connectivity index (χ0v) is 10.8. The Kier molecular flexibility index (Phi) is 5.52. The molecule has 1 aliphatic rings. The highest BCUT2D eigenvalue weighted by Crippen LogP contribution is 2.14. The molecule has 1 aliphatic heterocycles. The lowest BCUT2D eigenvalue weighted by molar-refractivity contribution is 0.00490. The minimum atomic E-state index is -0.510. The predicted molar refractivity (Wildman–Crippen MR) is 63.7 cm³/mol. The van der Waals surface area contributed by atoms with Crippen molar-refractivity contribution in [3.8, 4) is 0 Å². The quantitative estimate of drug-likeness (QED) is 0.667. The monoisotopic (exact) mass is 252 g/mol. The minimum Gasteiger partial charge on any atom is -0.444 e. The van der Waals surface area contributed by atoms with Crippen molar-refractivity contribution in [1.29, 1.82) is 0 Å². The van der Waals surface area contributed by atoms with E-state index in [9.17, 15) is 9.90 Å². The summed E-state index contributed by atoms with van der Waals surface area (Å²) in [7, 11) is 0. The van der Waals surface area contributed by atoms with Crippen molar-refractivity contribution in [2.24, 2.45) is 5.73 Å². The van der Waals surface area contributed by atoms with Gasteiger partial charge in [-0.05, 0) is 27.2 Å². The summed E-state index contributed by atoms with van der Waals surface area (Å²) < 4.78 is 5.21. The van der Waals surface area contributed by atoms with Gasteiger partial charge < -0.3 is 20.5 Å². The molecule has 0 unspecified atom stereocenters. The molecule has 0 aromatic carbocycles. The van der Waals surface area contributed by atoms with Gasteiger partial charge in [0, 0.05) is 19.1 Å². The molecule has 16 heavy (non-hydrogen) atoms. The van der Waals surface area contributed by atoms with Crippen LogP contribution in [0.4, 0.5) is 4.79 Å². The Balaban J connectivity index is 0.00000225. The Morgan fingerprint density at radius 2 is 2.06 bits per heavy atom. The smallest absolute Gasteiger partial charge is 0.410 e. The second kappa shape index (κ2) is 5.70. The highest BCUT2D eigenvalue weighted by molar-refractivity contribution is 5.85. The van der Waals surface area contributed by atoms with Crippen LogP contribution in [0.1, 0.15) is 27.2 Å². The van der Waals surface area contributed by atoms with Crippen LogP contribution < -0.4 is 5.73 Å². The molecule has 0 spiro atoms. The van der Waals surface area contributed by atoms with E-state index in [4.69, 9.17) is 10.5 Å². The lowest BCUT2D eigenvalue weighted by atomic mass is 10.0. The lowest BCUT2D eigenvalue weighted by Crippen LogP contribution is -2.53. The Hall–Kier alpha value is -0.520. The number of ether oxygens (including phenoxy) is 1. The standard InChI is InChI=1S/C10H20N2O3.ClH/c1-10(2,3)15-9(14)12-5-4-8(13)7(11)6-12;/h7-8,13H,4-6,11H2,1-3H3;1H/t7-,8+;/m1./s1. The third-order valence-electron chi connectivity index (χ3n) is 2.27. The SMILES string of the molecule is CC(C)(C)OC(=O)N1CC[C@H](O)[C@H](N)C1.Cl. The number of rotatable bonds is 0. The average molecular weight is 253 g/mol. The summed E-state index contributed by atoms with van der Waals surface area (Å²) in [5.41, 5.74) is 5.18. The zero-order valence-electron chi connectivity index (χ0n) is 9.97. The molecule has 5 nitrogen and oxygen atoms in total. The topological polar surface area (TPSA) is 75.8 Å². The Morgan fingerprint density at radius 3 is 2.50 bits per heavy atom. The van der Waals surface area contributed by atoms with Crippen LogP contribution in [-0.4, -0.2) is 46.9 Å². The van der Waals surface area contributed by atoms with Crippen LogP contribution in [0.5, 0.6) is 0 Å². The summed E-state index contributed by atoms with van der Waals surface area (Å²) in [4.78, 5) is 13.2. The number of halogens is 1. The average Bonchev–Trinajstić information content (AvgIpc) is 2.06. The fourth-order valence-electron chi connectivity index (χ4n) is 1.46. The molecule has 1 saturated heterocycles. The molecule has 0 bridgehead atoms. The predicted octanol–water partition coefficient (Wildman–Crippen LogP) is 0.737. The number of amides is 1. The first-order valence-corrected chi connectivity index (χ1v) is 5.21. The van der Waals surface area contributed by atoms with E-state index < -0.39 is 11.7 Å². The van der Waals surface area contributed by atoms with Gasteiger partial charge in [0.15, 0.2) is 0 Å². The summed E-state index contributed by atoms with van der Waals surface area (Å²) in [5.74, 6) is 0. The normalized spacial score (nSPS) is 25.9. The molecule has 0 aromatic rings. The molecule has 3 N–H and O–H groups in total. The molecule has 0 aromatic heterocycles. The van der Waals surface area contributed by atoms with E-state index >= 15 is 0 Å². The van der Waals surface area contributed by atoms with Gasteiger partial charge in [0.05, 0.1) is 6.10 Å². The molecule has 1 fully saturated rings. The molecule has 0 saturated carbocycles. The molecule has 1 amide bonds. The maximum absolute atomic E-state index is 11.6. The number of hydrogen-bond donors (Lipinski definition) is 2. The van der Waals surface area contributed by atoms with E-state index in [1.54, 1.807) is 4.90 Å². The second-order valence-electron chi connectivity index (χ2n) is 4.95. The number of aliphatic hydroxyl groups excluding tert-OH is 1. The number of aliphatic hydroxyl groups is 1. The molecule has 1 rings (SSSR count). The van der Waals surface area contributed by atoms with Gasteiger partial charge in [-0.3, -0.25) is 0 Å². The van der Waals surface area contributed by atoms with Crippen LogP contribution in [-0.2, 0) is 4.74 Å². The van der Waals surface area contributed by atoms with E-state index in [1.165, 1.54) is 0 Å². The molecule has 6 heteroatoms. The molecule has 96 valence electrons. The fraction of sp³-hybridized carbons (Fsp3) is 0.900. The van der Waals surface area contributed by atoms with Crippen molar-refractivity contribution >= 4 is 18.5 Å². The Bertz CT molecular complexity index is 243. The van der Waals surface area contributed by atoms with Crippen LogP contribution in [0.3, 0.4) is 0 Å². The van der Waals surface area contributed by atoms with Gasteiger partial charge >= 0.3 is 6.09 Å². The van der Waals surface area contributed by atoms with Crippen LogP contribution in [0.15, 0.2) is 0 Å². The van der Waals surface area contributed by atoms with Crippen molar-refractivity contribution in [2.75, 3.05) is 13.1 Å². The van der Waals surface area contributed by atoms with E-state index in [2.05, 4.69) is 0 Å². The molecule has 0 aliphatic carbocycles. The highest BCUT2D eigenvalue weighted by atomic mass is 35.5. The molecule has 0 radical (unpaired) electrons. The number of hydrogen-bond acceptors (Lipinski definition) is 4. The zero-order chi connectivity index (χ0) is 11.6. The van der Waals surface area contributed by atoms with Crippen molar-refractivity contribution in [2.45, 2.75) is 44.9 Å². The first kappa shape index (κ1) is 15.5. The lowest BCUT2D eigenvalue weighted by Gasteiger charge is -2.35.